The van der Waals surface area contributed by atoms with Crippen molar-refractivity contribution in [2.45, 2.75) is 57.8 Å². The van der Waals surface area contributed by atoms with Crippen LogP contribution in [0, 0.1) is 19.7 Å². The maximum absolute atomic E-state index is 14.3. The molecule has 0 aliphatic carbocycles. The SMILES string of the molecule is Cc1c(Cl)c2c(Cl)c(C)c1-c1c(-c3ccc(F)cc3)sc3ncnc(c13)O[C@@H](C(=O)O)Cc1cc(ccc1OCc1ccnc(C3CCOCC3)n1)OC[C@@H](CN1CCN(C)CC1)O2. The van der Waals surface area contributed by atoms with E-state index in [4.69, 9.17) is 51.9 Å². The summed E-state index contributed by atoms with van der Waals surface area (Å²) in [7, 11) is 2.11. The first-order valence-electron chi connectivity index (χ1n) is 21.3. The second-order valence-corrected chi connectivity index (χ2v) is 18.2. The number of ether oxygens (including phenoxy) is 5. The molecule has 4 bridgehead atoms. The molecule has 17 heteroatoms. The van der Waals surface area contributed by atoms with Crippen molar-refractivity contribution in [3.05, 3.63) is 105 Å². The molecule has 0 saturated carbocycles. The quantitative estimate of drug-likeness (QED) is 0.156. The molecular weight excluding hydrogens is 883 g/mol. The van der Waals surface area contributed by atoms with Crippen LogP contribution in [-0.2, 0) is 22.6 Å². The van der Waals surface area contributed by atoms with Gasteiger partial charge in [0.1, 0.15) is 53.6 Å². The van der Waals surface area contributed by atoms with Gasteiger partial charge in [0.25, 0.3) is 0 Å². The minimum atomic E-state index is -1.45. The van der Waals surface area contributed by atoms with Crippen molar-refractivity contribution in [2.75, 3.05) is 59.6 Å². The highest BCUT2D eigenvalue weighted by Gasteiger charge is 2.32. The summed E-state index contributed by atoms with van der Waals surface area (Å²) in [4.78, 5) is 37.7. The second kappa shape index (κ2) is 19.1. The Hall–Kier alpha value is -5.16. The van der Waals surface area contributed by atoms with E-state index in [1.54, 1.807) is 36.5 Å². The van der Waals surface area contributed by atoms with Gasteiger partial charge in [-0.1, -0.05) is 35.3 Å². The van der Waals surface area contributed by atoms with E-state index in [1.807, 2.05) is 19.9 Å². The first-order chi connectivity index (χ1) is 31.0. The molecule has 3 aromatic heterocycles. The van der Waals surface area contributed by atoms with Crippen molar-refractivity contribution < 1.29 is 38.0 Å². The number of carbonyl (C=O) groups is 1. The lowest BCUT2D eigenvalue weighted by Crippen LogP contribution is -2.49. The van der Waals surface area contributed by atoms with Crippen LogP contribution in [-0.4, -0.2) is 113 Å². The lowest BCUT2D eigenvalue weighted by Gasteiger charge is -2.35. The van der Waals surface area contributed by atoms with Crippen LogP contribution < -0.4 is 18.9 Å². The van der Waals surface area contributed by atoms with E-state index in [-0.39, 0.29) is 31.4 Å². The largest absolute Gasteiger partial charge is 0.490 e. The van der Waals surface area contributed by atoms with Crippen molar-refractivity contribution >= 4 is 50.7 Å². The van der Waals surface area contributed by atoms with Crippen LogP contribution in [0.15, 0.2) is 61.1 Å². The molecule has 0 amide bonds. The van der Waals surface area contributed by atoms with E-state index in [0.29, 0.717) is 101 Å². The molecule has 0 unspecified atom stereocenters. The van der Waals surface area contributed by atoms with Gasteiger partial charge in [-0.05, 0) is 92.4 Å². The summed E-state index contributed by atoms with van der Waals surface area (Å²) in [5.74, 6) is 0.599. The van der Waals surface area contributed by atoms with Crippen molar-refractivity contribution in [1.82, 2.24) is 29.7 Å². The summed E-state index contributed by atoms with van der Waals surface area (Å²) in [5, 5.41) is 11.9. The summed E-state index contributed by atoms with van der Waals surface area (Å²) in [6.07, 6.45) is 2.67. The Morgan fingerprint density at radius 3 is 2.44 bits per heavy atom. The Morgan fingerprint density at radius 2 is 1.70 bits per heavy atom. The smallest absolute Gasteiger partial charge is 0.345 e. The molecule has 7 heterocycles. The number of likely N-dealkylation sites (N-methyl/N-ethyl adjacent to an activating group) is 1. The number of fused-ring (bicyclic) bond motifs is 7. The molecule has 2 atom stereocenters. The minimum Gasteiger partial charge on any atom is -0.490 e. The molecule has 0 radical (unpaired) electrons. The number of hydrogen-bond donors (Lipinski definition) is 1. The first kappa shape index (κ1) is 44.1. The number of hydrogen-bond acceptors (Lipinski definition) is 13. The van der Waals surface area contributed by atoms with Gasteiger partial charge >= 0.3 is 5.97 Å². The number of halogens is 3. The number of thiophene rings is 1. The zero-order valence-electron chi connectivity index (χ0n) is 35.6. The number of piperazine rings is 1. The van der Waals surface area contributed by atoms with Crippen molar-refractivity contribution in [3.63, 3.8) is 0 Å². The molecule has 10 rings (SSSR count). The molecular formula is C47H47Cl2FN6O7S. The molecule has 13 nitrogen and oxygen atoms in total. The van der Waals surface area contributed by atoms with E-state index in [0.717, 1.165) is 44.8 Å². The number of aliphatic carboxylic acids is 1. The van der Waals surface area contributed by atoms with Gasteiger partial charge in [0, 0.05) is 80.5 Å². The zero-order chi connectivity index (χ0) is 44.5. The van der Waals surface area contributed by atoms with Crippen molar-refractivity contribution in [3.8, 4) is 44.7 Å². The molecule has 4 aliphatic rings. The van der Waals surface area contributed by atoms with E-state index in [9.17, 15) is 14.3 Å². The third-order valence-electron chi connectivity index (χ3n) is 12.1. The van der Waals surface area contributed by atoms with E-state index < -0.39 is 24.0 Å². The van der Waals surface area contributed by atoms with Crippen LogP contribution in [0.4, 0.5) is 4.39 Å². The molecule has 4 aliphatic heterocycles. The third kappa shape index (κ3) is 9.33. The Kier molecular flexibility index (Phi) is 13.2. The van der Waals surface area contributed by atoms with E-state index in [1.165, 1.54) is 29.8 Å². The Morgan fingerprint density at radius 1 is 0.953 bits per heavy atom. The normalized spacial score (nSPS) is 18.8. The van der Waals surface area contributed by atoms with Gasteiger partial charge in [-0.25, -0.2) is 29.1 Å². The van der Waals surface area contributed by atoms with Crippen LogP contribution in [0.1, 0.15) is 47.0 Å². The van der Waals surface area contributed by atoms with Crippen molar-refractivity contribution in [2.24, 2.45) is 0 Å². The average Bonchev–Trinajstić information content (AvgIpc) is 3.69. The van der Waals surface area contributed by atoms with Crippen LogP contribution in [0.5, 0.6) is 23.1 Å². The van der Waals surface area contributed by atoms with Crippen LogP contribution in [0.25, 0.3) is 31.8 Å². The summed E-state index contributed by atoms with van der Waals surface area (Å²) < 4.78 is 46.1. The Labute approximate surface area is 384 Å². The summed E-state index contributed by atoms with van der Waals surface area (Å²) >= 11 is 16.0. The second-order valence-electron chi connectivity index (χ2n) is 16.4. The zero-order valence-corrected chi connectivity index (χ0v) is 37.9. The number of carboxylic acid groups (broad SMARTS) is 1. The fraction of sp³-hybridized carbons (Fsp3) is 0.383. The lowest BCUT2D eigenvalue weighted by molar-refractivity contribution is -0.145. The Bertz CT molecular complexity index is 2650. The highest BCUT2D eigenvalue weighted by Crippen LogP contribution is 2.53. The van der Waals surface area contributed by atoms with E-state index >= 15 is 0 Å². The number of aromatic nitrogens is 4. The molecule has 0 spiro atoms. The van der Waals surface area contributed by atoms with Gasteiger partial charge in [0.2, 0.25) is 12.0 Å². The van der Waals surface area contributed by atoms with Crippen molar-refractivity contribution in [1.29, 1.82) is 0 Å². The summed E-state index contributed by atoms with van der Waals surface area (Å²) in [6, 6.07) is 13.3. The topological polar surface area (TPSA) is 141 Å². The number of benzene rings is 3. The number of rotatable bonds is 8. The van der Waals surface area contributed by atoms with Gasteiger partial charge in [0.05, 0.1) is 21.1 Å². The molecule has 2 fully saturated rings. The summed E-state index contributed by atoms with van der Waals surface area (Å²) in [6.45, 7) is 9.35. The average molecular weight is 930 g/mol. The monoisotopic (exact) mass is 928 g/mol. The maximum atomic E-state index is 14.3. The molecule has 1 N–H and O–H groups in total. The molecule has 334 valence electrons. The standard InChI is InChI=1S/C47H47Cl2FN6O7S/c1-26-37-27(2)41(49)42(40(26)48)62-34(22-56-16-14-55(3)15-17-56)24-60-33-8-9-35(61-23-32-10-13-51-44(54-32)29-11-18-59-19-12-29)30(20-33)21-36(47(57)58)63-45-39-38(37)43(64-46(39)53-25-52-45)28-4-6-31(50)7-5-28/h4-10,13,20,25,29,34,36H,11-12,14-19,21-24H2,1-3H3,(H,57,58)/t34-,36-/m1/s1. The van der Waals surface area contributed by atoms with Crippen LogP contribution in [0.2, 0.25) is 10.0 Å². The molecule has 3 aromatic carbocycles. The number of carboxylic acids is 1. The lowest BCUT2D eigenvalue weighted by atomic mass is 9.92. The first-order valence-corrected chi connectivity index (χ1v) is 22.8. The highest BCUT2D eigenvalue weighted by atomic mass is 35.5. The van der Waals surface area contributed by atoms with Gasteiger partial charge in [-0.2, -0.15) is 0 Å². The Balaban J connectivity index is 1.16. The molecule has 6 aromatic rings. The predicted octanol–water partition coefficient (Wildman–Crippen LogP) is 8.81. The third-order valence-corrected chi connectivity index (χ3v) is 14.1. The minimum absolute atomic E-state index is 0.0384. The number of nitrogens with zero attached hydrogens (tertiary/aromatic N) is 6. The summed E-state index contributed by atoms with van der Waals surface area (Å²) in [5.41, 5.74) is 4.51. The van der Waals surface area contributed by atoms with Gasteiger partial charge in [-0.3, -0.25) is 4.90 Å². The fourth-order valence-corrected chi connectivity index (χ4v) is 10.2. The van der Waals surface area contributed by atoms with Gasteiger partial charge < -0.3 is 33.7 Å². The van der Waals surface area contributed by atoms with E-state index in [2.05, 4.69) is 31.8 Å². The predicted molar refractivity (Wildman–Crippen MR) is 243 cm³/mol. The maximum Gasteiger partial charge on any atom is 0.345 e. The highest BCUT2D eigenvalue weighted by molar-refractivity contribution is 7.22. The molecule has 2 saturated heterocycles. The van der Waals surface area contributed by atoms with Crippen LogP contribution >= 0.6 is 34.5 Å². The molecule has 64 heavy (non-hydrogen) atoms. The van der Waals surface area contributed by atoms with Crippen LogP contribution in [0.3, 0.4) is 0 Å². The van der Waals surface area contributed by atoms with Gasteiger partial charge in [0.15, 0.2) is 5.75 Å². The fourth-order valence-electron chi connectivity index (χ4n) is 8.51. The van der Waals surface area contributed by atoms with Gasteiger partial charge in [-0.15, -0.1) is 11.3 Å².